The van der Waals surface area contributed by atoms with Crippen molar-refractivity contribution < 1.29 is 27.9 Å². The van der Waals surface area contributed by atoms with Crippen molar-refractivity contribution in [2.24, 2.45) is 5.92 Å². The fourth-order valence-corrected chi connectivity index (χ4v) is 2.08. The van der Waals surface area contributed by atoms with E-state index in [0.29, 0.717) is 24.3 Å². The summed E-state index contributed by atoms with van der Waals surface area (Å²) in [6, 6.07) is -0.745. The molecule has 0 unspecified atom stereocenters. The van der Waals surface area contributed by atoms with Crippen molar-refractivity contribution in [1.29, 1.82) is 0 Å². The van der Waals surface area contributed by atoms with Gasteiger partial charge in [0.05, 0.1) is 5.92 Å². The Morgan fingerprint density at radius 1 is 1.42 bits per heavy atom. The molecular formula is C11H17F3N2O3. The fourth-order valence-electron chi connectivity index (χ4n) is 2.08. The number of carbonyl (C=O) groups is 2. The molecule has 0 aromatic carbocycles. The van der Waals surface area contributed by atoms with Crippen LogP contribution < -0.4 is 0 Å². The molecule has 110 valence electrons. The second-order valence-corrected chi connectivity index (χ2v) is 4.54. The Hall–Kier alpha value is -1.47. The van der Waals surface area contributed by atoms with Gasteiger partial charge < -0.3 is 14.9 Å². The van der Waals surface area contributed by atoms with Crippen molar-refractivity contribution in [2.75, 3.05) is 26.2 Å². The maximum atomic E-state index is 12.3. The molecule has 0 saturated carbocycles. The number of aliphatic carboxylic acids is 1. The molecule has 1 aliphatic rings. The van der Waals surface area contributed by atoms with Gasteiger partial charge in [-0.05, 0) is 19.8 Å². The second-order valence-electron chi connectivity index (χ2n) is 4.54. The summed E-state index contributed by atoms with van der Waals surface area (Å²) in [6.45, 7) is 0.366. The molecule has 1 rings (SSSR count). The molecule has 1 saturated heterocycles. The van der Waals surface area contributed by atoms with Gasteiger partial charge in [-0.25, -0.2) is 4.79 Å². The van der Waals surface area contributed by atoms with E-state index in [4.69, 9.17) is 5.11 Å². The highest BCUT2D eigenvalue weighted by atomic mass is 19.4. The van der Waals surface area contributed by atoms with Crippen molar-refractivity contribution in [2.45, 2.75) is 25.9 Å². The highest BCUT2D eigenvalue weighted by Crippen LogP contribution is 2.21. The number of likely N-dealkylation sites (tertiary alicyclic amines) is 1. The maximum Gasteiger partial charge on any atom is 0.406 e. The highest BCUT2D eigenvalue weighted by molar-refractivity contribution is 5.76. The lowest BCUT2D eigenvalue weighted by atomic mass is 9.99. The molecule has 1 atom stereocenters. The zero-order chi connectivity index (χ0) is 14.6. The SMILES string of the molecule is CCN(CC(F)(F)F)C(=O)N1CCC[C@@H](C(=O)O)C1. The first-order chi connectivity index (χ1) is 8.74. The second kappa shape index (κ2) is 6.12. The van der Waals surface area contributed by atoms with E-state index < -0.39 is 30.6 Å². The van der Waals surface area contributed by atoms with E-state index >= 15 is 0 Å². The largest absolute Gasteiger partial charge is 0.481 e. The Kier molecular flexibility index (Phi) is 5.02. The standard InChI is InChI=1S/C11H17F3N2O3/c1-2-15(7-11(12,13)14)10(19)16-5-3-4-8(6-16)9(17)18/h8H,2-7H2,1H3,(H,17,18)/t8-/m1/s1. The quantitative estimate of drug-likeness (QED) is 0.858. The zero-order valence-corrected chi connectivity index (χ0v) is 10.6. The van der Waals surface area contributed by atoms with Gasteiger partial charge in [0.15, 0.2) is 0 Å². The molecule has 1 fully saturated rings. The van der Waals surface area contributed by atoms with Crippen LogP contribution in [-0.2, 0) is 4.79 Å². The molecule has 0 bridgehead atoms. The first-order valence-corrected chi connectivity index (χ1v) is 6.08. The highest BCUT2D eigenvalue weighted by Gasteiger charge is 2.36. The minimum Gasteiger partial charge on any atom is -0.481 e. The summed E-state index contributed by atoms with van der Waals surface area (Å²) < 4.78 is 37.0. The third-order valence-electron chi connectivity index (χ3n) is 3.06. The van der Waals surface area contributed by atoms with Gasteiger partial charge >= 0.3 is 18.2 Å². The summed E-state index contributed by atoms with van der Waals surface area (Å²) >= 11 is 0. The number of urea groups is 1. The summed E-state index contributed by atoms with van der Waals surface area (Å²) in [5.41, 5.74) is 0. The Balaban J connectivity index is 2.66. The Morgan fingerprint density at radius 3 is 2.53 bits per heavy atom. The van der Waals surface area contributed by atoms with Gasteiger partial charge in [-0.15, -0.1) is 0 Å². The van der Waals surface area contributed by atoms with E-state index in [0.717, 1.165) is 0 Å². The minimum atomic E-state index is -4.45. The first-order valence-electron chi connectivity index (χ1n) is 6.08. The maximum absolute atomic E-state index is 12.3. The number of hydrogen-bond donors (Lipinski definition) is 1. The molecule has 0 aromatic rings. The lowest BCUT2D eigenvalue weighted by molar-refractivity contribution is -0.145. The van der Waals surface area contributed by atoms with E-state index in [9.17, 15) is 22.8 Å². The van der Waals surface area contributed by atoms with Crippen molar-refractivity contribution in [3.8, 4) is 0 Å². The van der Waals surface area contributed by atoms with Crippen LogP contribution in [0.4, 0.5) is 18.0 Å². The number of piperidine rings is 1. The van der Waals surface area contributed by atoms with Crippen LogP contribution in [0.3, 0.4) is 0 Å². The van der Waals surface area contributed by atoms with Crippen LogP contribution in [-0.4, -0.2) is 59.3 Å². The van der Waals surface area contributed by atoms with Crippen molar-refractivity contribution in [3.63, 3.8) is 0 Å². The third kappa shape index (κ3) is 4.60. The van der Waals surface area contributed by atoms with Crippen LogP contribution in [0, 0.1) is 5.92 Å². The van der Waals surface area contributed by atoms with Gasteiger partial charge in [0.25, 0.3) is 0 Å². The molecular weight excluding hydrogens is 265 g/mol. The van der Waals surface area contributed by atoms with Crippen LogP contribution in [0.1, 0.15) is 19.8 Å². The van der Waals surface area contributed by atoms with Crippen molar-refractivity contribution >= 4 is 12.0 Å². The number of amides is 2. The normalized spacial score (nSPS) is 20.2. The molecule has 1 heterocycles. The van der Waals surface area contributed by atoms with Crippen LogP contribution in [0.25, 0.3) is 0 Å². The van der Waals surface area contributed by atoms with Crippen LogP contribution in [0.5, 0.6) is 0 Å². The average molecular weight is 282 g/mol. The summed E-state index contributed by atoms with van der Waals surface area (Å²) in [6.07, 6.45) is -3.51. The Bertz CT molecular complexity index is 347. The van der Waals surface area contributed by atoms with E-state index in [1.165, 1.54) is 11.8 Å². The summed E-state index contributed by atoms with van der Waals surface area (Å²) in [7, 11) is 0. The van der Waals surface area contributed by atoms with E-state index in [2.05, 4.69) is 0 Å². The van der Waals surface area contributed by atoms with Crippen LogP contribution in [0.2, 0.25) is 0 Å². The van der Waals surface area contributed by atoms with Gasteiger partial charge in [0, 0.05) is 19.6 Å². The monoisotopic (exact) mass is 282 g/mol. The van der Waals surface area contributed by atoms with Gasteiger partial charge in [0.2, 0.25) is 0 Å². The predicted octanol–water partition coefficient (Wildman–Crippen LogP) is 1.79. The smallest absolute Gasteiger partial charge is 0.406 e. The molecule has 0 spiro atoms. The lowest BCUT2D eigenvalue weighted by Crippen LogP contribution is -2.50. The molecule has 0 aliphatic carbocycles. The third-order valence-corrected chi connectivity index (χ3v) is 3.06. The number of halogens is 3. The van der Waals surface area contributed by atoms with Crippen molar-refractivity contribution in [1.82, 2.24) is 9.80 Å². The number of carboxylic acid groups (broad SMARTS) is 1. The van der Waals surface area contributed by atoms with Crippen LogP contribution in [0.15, 0.2) is 0 Å². The summed E-state index contributed by atoms with van der Waals surface area (Å²) in [4.78, 5) is 24.7. The summed E-state index contributed by atoms with van der Waals surface area (Å²) in [5.74, 6) is -1.71. The van der Waals surface area contributed by atoms with Crippen molar-refractivity contribution in [3.05, 3.63) is 0 Å². The topological polar surface area (TPSA) is 60.9 Å². The van der Waals surface area contributed by atoms with Gasteiger partial charge in [-0.3, -0.25) is 4.79 Å². The average Bonchev–Trinajstić information content (AvgIpc) is 2.34. The number of rotatable bonds is 3. The van der Waals surface area contributed by atoms with E-state index in [1.807, 2.05) is 0 Å². The van der Waals surface area contributed by atoms with Gasteiger partial charge in [-0.2, -0.15) is 13.2 Å². The van der Waals surface area contributed by atoms with E-state index in [-0.39, 0.29) is 13.1 Å². The number of carbonyl (C=O) groups excluding carboxylic acids is 1. The molecule has 1 aliphatic heterocycles. The number of alkyl halides is 3. The van der Waals surface area contributed by atoms with E-state index in [1.54, 1.807) is 0 Å². The van der Waals surface area contributed by atoms with Crippen LogP contribution >= 0.6 is 0 Å². The zero-order valence-electron chi connectivity index (χ0n) is 10.6. The Labute approximate surface area is 109 Å². The first kappa shape index (κ1) is 15.6. The molecule has 0 radical (unpaired) electrons. The predicted molar refractivity (Wildman–Crippen MR) is 60.6 cm³/mol. The van der Waals surface area contributed by atoms with Gasteiger partial charge in [-0.1, -0.05) is 0 Å². The number of hydrogen-bond acceptors (Lipinski definition) is 2. The lowest BCUT2D eigenvalue weighted by Gasteiger charge is -2.35. The molecule has 5 nitrogen and oxygen atoms in total. The number of carboxylic acids is 1. The molecule has 1 N–H and O–H groups in total. The Morgan fingerprint density at radius 2 is 2.05 bits per heavy atom. The summed E-state index contributed by atoms with van der Waals surface area (Å²) in [5, 5.41) is 8.89. The molecule has 8 heteroatoms. The molecule has 0 aromatic heterocycles. The number of nitrogens with zero attached hydrogens (tertiary/aromatic N) is 2. The van der Waals surface area contributed by atoms with Gasteiger partial charge in [0.1, 0.15) is 6.54 Å². The molecule has 2 amide bonds. The minimum absolute atomic E-state index is 0.0253. The molecule has 19 heavy (non-hydrogen) atoms. The fraction of sp³-hybridized carbons (Fsp3) is 0.818.